The van der Waals surface area contributed by atoms with Gasteiger partial charge in [-0.1, -0.05) is 36.4 Å². The fourth-order valence-corrected chi connectivity index (χ4v) is 2.98. The third-order valence-electron chi connectivity index (χ3n) is 4.21. The van der Waals surface area contributed by atoms with Crippen LogP contribution in [0.4, 0.5) is 4.39 Å². The molecule has 0 aliphatic heterocycles. The number of hydrogen-bond donors (Lipinski definition) is 1. The van der Waals surface area contributed by atoms with E-state index < -0.39 is 0 Å². The maximum absolute atomic E-state index is 13.5. The molecule has 1 aliphatic rings. The van der Waals surface area contributed by atoms with E-state index >= 15 is 0 Å². The third kappa shape index (κ3) is 3.53. The predicted molar refractivity (Wildman–Crippen MR) is 85.0 cm³/mol. The molecule has 0 atom stereocenters. The van der Waals surface area contributed by atoms with Gasteiger partial charge < -0.3 is 5.32 Å². The van der Waals surface area contributed by atoms with Gasteiger partial charge in [0.1, 0.15) is 5.82 Å². The van der Waals surface area contributed by atoms with E-state index in [1.165, 1.54) is 30.0 Å². The summed E-state index contributed by atoms with van der Waals surface area (Å²) in [6.45, 7) is 0.233. The standard InChI is InChI=1S/C19H20FNO/c20-18-8-4-3-7-17(18)13-21-19(22)12-14-9-10-15-5-1-2-6-16(15)11-14/h3-4,7-11H,1-2,5-6,12-13H2,(H,21,22). The molecule has 1 aliphatic carbocycles. The zero-order valence-electron chi connectivity index (χ0n) is 12.6. The lowest BCUT2D eigenvalue weighted by atomic mass is 9.90. The predicted octanol–water partition coefficient (Wildman–Crippen LogP) is 3.56. The van der Waals surface area contributed by atoms with Crippen molar-refractivity contribution in [3.63, 3.8) is 0 Å². The Morgan fingerprint density at radius 2 is 1.82 bits per heavy atom. The Kier molecular flexibility index (Phi) is 4.52. The molecule has 3 rings (SSSR count). The highest BCUT2D eigenvalue weighted by molar-refractivity contribution is 5.78. The number of benzene rings is 2. The maximum Gasteiger partial charge on any atom is 0.224 e. The normalized spacial score (nSPS) is 13.5. The molecule has 0 heterocycles. The van der Waals surface area contributed by atoms with Gasteiger partial charge >= 0.3 is 0 Å². The molecule has 2 aromatic carbocycles. The van der Waals surface area contributed by atoms with Crippen LogP contribution in [-0.4, -0.2) is 5.91 Å². The van der Waals surface area contributed by atoms with Crippen LogP contribution in [0.3, 0.4) is 0 Å². The van der Waals surface area contributed by atoms with E-state index in [2.05, 4.69) is 17.4 Å². The molecule has 0 aromatic heterocycles. The second kappa shape index (κ2) is 6.73. The van der Waals surface area contributed by atoms with E-state index in [-0.39, 0.29) is 18.3 Å². The van der Waals surface area contributed by atoms with Crippen molar-refractivity contribution in [2.24, 2.45) is 0 Å². The Balaban J connectivity index is 1.59. The number of halogens is 1. The fraction of sp³-hybridized carbons (Fsp3) is 0.316. The van der Waals surface area contributed by atoms with Crippen LogP contribution in [0.25, 0.3) is 0 Å². The first-order valence-electron chi connectivity index (χ1n) is 7.83. The van der Waals surface area contributed by atoms with Gasteiger partial charge in [0.15, 0.2) is 0 Å². The Morgan fingerprint density at radius 3 is 2.64 bits per heavy atom. The average molecular weight is 297 g/mol. The van der Waals surface area contributed by atoms with Gasteiger partial charge in [0.2, 0.25) is 5.91 Å². The molecule has 0 saturated heterocycles. The second-order valence-electron chi connectivity index (χ2n) is 5.86. The zero-order chi connectivity index (χ0) is 15.4. The number of amides is 1. The molecule has 0 bridgehead atoms. The molecular weight excluding hydrogens is 277 g/mol. The number of carbonyl (C=O) groups is 1. The third-order valence-corrected chi connectivity index (χ3v) is 4.21. The van der Waals surface area contributed by atoms with E-state index in [1.54, 1.807) is 18.2 Å². The van der Waals surface area contributed by atoms with Gasteiger partial charge in [-0.25, -0.2) is 4.39 Å². The van der Waals surface area contributed by atoms with Crippen LogP contribution < -0.4 is 5.32 Å². The van der Waals surface area contributed by atoms with Crippen molar-refractivity contribution in [1.29, 1.82) is 0 Å². The van der Waals surface area contributed by atoms with Crippen molar-refractivity contribution in [3.8, 4) is 0 Å². The summed E-state index contributed by atoms with van der Waals surface area (Å²) in [4.78, 5) is 12.0. The summed E-state index contributed by atoms with van der Waals surface area (Å²) in [7, 11) is 0. The highest BCUT2D eigenvalue weighted by atomic mass is 19.1. The summed E-state index contributed by atoms with van der Waals surface area (Å²) in [5.74, 6) is -0.351. The number of carbonyl (C=O) groups excluding carboxylic acids is 1. The van der Waals surface area contributed by atoms with Crippen LogP contribution in [0.15, 0.2) is 42.5 Å². The van der Waals surface area contributed by atoms with E-state index in [4.69, 9.17) is 0 Å². The molecule has 0 saturated carbocycles. The smallest absolute Gasteiger partial charge is 0.224 e. The molecule has 1 amide bonds. The van der Waals surface area contributed by atoms with Gasteiger partial charge in [-0.2, -0.15) is 0 Å². The molecule has 1 N–H and O–H groups in total. The van der Waals surface area contributed by atoms with Crippen molar-refractivity contribution in [2.75, 3.05) is 0 Å². The second-order valence-corrected chi connectivity index (χ2v) is 5.86. The molecule has 0 radical (unpaired) electrons. The highest BCUT2D eigenvalue weighted by Gasteiger charge is 2.11. The van der Waals surface area contributed by atoms with Crippen LogP contribution in [0.5, 0.6) is 0 Å². The SMILES string of the molecule is O=C(Cc1ccc2c(c1)CCCC2)NCc1ccccc1F. The largest absolute Gasteiger partial charge is 0.352 e. The number of nitrogens with one attached hydrogen (secondary N) is 1. The zero-order valence-corrected chi connectivity index (χ0v) is 12.6. The fourth-order valence-electron chi connectivity index (χ4n) is 2.98. The first kappa shape index (κ1) is 14.8. The summed E-state index contributed by atoms with van der Waals surface area (Å²) in [5, 5.41) is 2.79. The van der Waals surface area contributed by atoms with E-state index in [0.717, 1.165) is 18.4 Å². The van der Waals surface area contributed by atoms with Crippen molar-refractivity contribution in [2.45, 2.75) is 38.6 Å². The van der Waals surface area contributed by atoms with Crippen LogP contribution in [-0.2, 0) is 30.6 Å². The number of fused-ring (bicyclic) bond motifs is 1. The van der Waals surface area contributed by atoms with Gasteiger partial charge in [-0.3, -0.25) is 4.79 Å². The highest BCUT2D eigenvalue weighted by Crippen LogP contribution is 2.22. The maximum atomic E-state index is 13.5. The van der Waals surface area contributed by atoms with Gasteiger partial charge in [0.05, 0.1) is 6.42 Å². The summed E-state index contributed by atoms with van der Waals surface area (Å²) < 4.78 is 13.5. The molecule has 3 heteroatoms. The Hall–Kier alpha value is -2.16. The van der Waals surface area contributed by atoms with Crippen molar-refractivity contribution in [1.82, 2.24) is 5.32 Å². The minimum Gasteiger partial charge on any atom is -0.352 e. The van der Waals surface area contributed by atoms with Gasteiger partial charge in [0, 0.05) is 12.1 Å². The quantitative estimate of drug-likeness (QED) is 0.918. The van der Waals surface area contributed by atoms with Gasteiger partial charge in [-0.05, 0) is 48.4 Å². The summed E-state index contributed by atoms with van der Waals surface area (Å²) in [6.07, 6.45) is 5.10. The Bertz CT molecular complexity index is 681. The van der Waals surface area contributed by atoms with Gasteiger partial charge in [-0.15, -0.1) is 0 Å². The minimum atomic E-state index is -0.281. The molecule has 0 unspecified atom stereocenters. The Morgan fingerprint density at radius 1 is 1.05 bits per heavy atom. The summed E-state index contributed by atoms with van der Waals surface area (Å²) in [5.41, 5.74) is 4.35. The molecular formula is C19H20FNO. The Labute approximate surface area is 130 Å². The molecule has 114 valence electrons. The first-order valence-corrected chi connectivity index (χ1v) is 7.83. The monoisotopic (exact) mass is 297 g/mol. The number of aryl methyl sites for hydroxylation is 2. The van der Waals surface area contributed by atoms with E-state index in [0.29, 0.717) is 12.0 Å². The number of hydrogen-bond acceptors (Lipinski definition) is 1. The van der Waals surface area contributed by atoms with Crippen LogP contribution >= 0.6 is 0 Å². The van der Waals surface area contributed by atoms with E-state index in [1.807, 2.05) is 6.07 Å². The molecule has 2 aromatic rings. The van der Waals surface area contributed by atoms with Crippen molar-refractivity contribution < 1.29 is 9.18 Å². The summed E-state index contributed by atoms with van der Waals surface area (Å²) >= 11 is 0. The van der Waals surface area contributed by atoms with Crippen molar-refractivity contribution >= 4 is 5.91 Å². The van der Waals surface area contributed by atoms with Crippen molar-refractivity contribution in [3.05, 3.63) is 70.5 Å². The molecule has 22 heavy (non-hydrogen) atoms. The molecule has 2 nitrogen and oxygen atoms in total. The minimum absolute atomic E-state index is 0.0704. The topological polar surface area (TPSA) is 29.1 Å². The lowest BCUT2D eigenvalue weighted by Gasteiger charge is -2.16. The first-order chi connectivity index (χ1) is 10.7. The molecule has 0 fully saturated rings. The number of rotatable bonds is 4. The average Bonchev–Trinajstić information content (AvgIpc) is 2.54. The summed E-state index contributed by atoms with van der Waals surface area (Å²) in [6, 6.07) is 12.8. The lowest BCUT2D eigenvalue weighted by Crippen LogP contribution is -2.25. The van der Waals surface area contributed by atoms with E-state index in [9.17, 15) is 9.18 Å². The lowest BCUT2D eigenvalue weighted by molar-refractivity contribution is -0.120. The van der Waals surface area contributed by atoms with Crippen LogP contribution in [0.1, 0.15) is 35.1 Å². The van der Waals surface area contributed by atoms with Crippen LogP contribution in [0, 0.1) is 5.82 Å². The molecule has 0 spiro atoms. The van der Waals surface area contributed by atoms with Gasteiger partial charge in [0.25, 0.3) is 0 Å². The van der Waals surface area contributed by atoms with Crippen LogP contribution in [0.2, 0.25) is 0 Å².